The molecular formula is C26H33N3O2. The Balaban J connectivity index is 1.76. The molecule has 31 heavy (non-hydrogen) atoms. The van der Waals surface area contributed by atoms with E-state index in [1.807, 2.05) is 42.2 Å². The van der Waals surface area contributed by atoms with Crippen LogP contribution >= 0.6 is 0 Å². The van der Waals surface area contributed by atoms with E-state index in [2.05, 4.69) is 60.3 Å². The van der Waals surface area contributed by atoms with Crippen molar-refractivity contribution in [3.05, 3.63) is 83.7 Å². The quantitative estimate of drug-likeness (QED) is 0.433. The number of hydrogen-bond acceptors (Lipinski definition) is 2. The lowest BCUT2D eigenvalue weighted by Crippen LogP contribution is -2.36. The summed E-state index contributed by atoms with van der Waals surface area (Å²) in [6.45, 7) is 8.83. The van der Waals surface area contributed by atoms with Crippen molar-refractivity contribution in [2.75, 3.05) is 18.5 Å². The maximum absolute atomic E-state index is 13.2. The fraction of sp³-hybridized carbons (Fsp3) is 0.346. The number of rotatable bonds is 10. The molecule has 0 atom stereocenters. The van der Waals surface area contributed by atoms with Crippen molar-refractivity contribution < 1.29 is 9.53 Å². The average molecular weight is 420 g/mol. The third kappa shape index (κ3) is 6.14. The summed E-state index contributed by atoms with van der Waals surface area (Å²) in [4.78, 5) is 15.1. The zero-order valence-corrected chi connectivity index (χ0v) is 18.8. The first-order chi connectivity index (χ1) is 15.1. The summed E-state index contributed by atoms with van der Waals surface area (Å²) in [7, 11) is 0. The maximum atomic E-state index is 13.2. The van der Waals surface area contributed by atoms with E-state index in [9.17, 15) is 4.79 Å². The van der Waals surface area contributed by atoms with Gasteiger partial charge in [-0.15, -0.1) is 0 Å². The Morgan fingerprint density at radius 2 is 1.81 bits per heavy atom. The van der Waals surface area contributed by atoms with Crippen LogP contribution in [0.2, 0.25) is 0 Å². The molecule has 1 heterocycles. The molecule has 0 unspecified atom stereocenters. The minimum atomic E-state index is -0.107. The van der Waals surface area contributed by atoms with Gasteiger partial charge in [0.15, 0.2) is 0 Å². The Bertz CT molecular complexity index is 980. The lowest BCUT2D eigenvalue weighted by atomic mass is 10.1. The monoisotopic (exact) mass is 419 g/mol. The molecule has 2 aromatic carbocycles. The number of carbonyl (C=O) groups is 1. The van der Waals surface area contributed by atoms with Crippen LogP contribution in [0, 0.1) is 6.92 Å². The maximum Gasteiger partial charge on any atom is 0.322 e. The average Bonchev–Trinajstić information content (AvgIpc) is 3.21. The molecule has 0 spiro atoms. The van der Waals surface area contributed by atoms with Gasteiger partial charge in [0.1, 0.15) is 5.75 Å². The molecular weight excluding hydrogens is 386 g/mol. The van der Waals surface area contributed by atoms with Gasteiger partial charge in [0.25, 0.3) is 0 Å². The minimum Gasteiger partial charge on any atom is -0.492 e. The zero-order chi connectivity index (χ0) is 22.1. The number of aromatic nitrogens is 1. The third-order valence-electron chi connectivity index (χ3n) is 5.38. The van der Waals surface area contributed by atoms with Gasteiger partial charge in [0, 0.05) is 25.0 Å². The number of aryl methyl sites for hydroxylation is 1. The van der Waals surface area contributed by atoms with Crippen LogP contribution in [0.4, 0.5) is 10.5 Å². The van der Waals surface area contributed by atoms with Crippen molar-refractivity contribution in [1.29, 1.82) is 0 Å². The van der Waals surface area contributed by atoms with E-state index in [-0.39, 0.29) is 6.03 Å². The Labute approximate surface area is 185 Å². The topological polar surface area (TPSA) is 46.5 Å². The number of hydrogen-bond donors (Lipinski definition) is 1. The van der Waals surface area contributed by atoms with Gasteiger partial charge in [-0.25, -0.2) is 4.79 Å². The van der Waals surface area contributed by atoms with Crippen LogP contribution in [0.25, 0.3) is 0 Å². The lowest BCUT2D eigenvalue weighted by Gasteiger charge is -2.24. The fourth-order valence-electron chi connectivity index (χ4n) is 3.56. The molecule has 5 heteroatoms. The molecule has 0 aliphatic carbocycles. The van der Waals surface area contributed by atoms with Crippen LogP contribution in [-0.4, -0.2) is 28.6 Å². The molecule has 0 fully saturated rings. The largest absolute Gasteiger partial charge is 0.492 e. The normalized spacial score (nSPS) is 10.7. The van der Waals surface area contributed by atoms with Crippen LogP contribution in [-0.2, 0) is 13.1 Å². The van der Waals surface area contributed by atoms with E-state index < -0.39 is 0 Å². The van der Waals surface area contributed by atoms with Crippen LogP contribution in [0.15, 0.2) is 66.9 Å². The number of unbranched alkanes of at least 4 members (excludes halogenated alkanes) is 1. The predicted octanol–water partition coefficient (Wildman–Crippen LogP) is 6.08. The zero-order valence-electron chi connectivity index (χ0n) is 18.8. The van der Waals surface area contributed by atoms with E-state index in [1.165, 1.54) is 11.1 Å². The second-order valence-electron chi connectivity index (χ2n) is 7.69. The molecule has 0 aliphatic heterocycles. The van der Waals surface area contributed by atoms with E-state index >= 15 is 0 Å². The summed E-state index contributed by atoms with van der Waals surface area (Å²) in [5.74, 6) is 0.691. The molecule has 2 amide bonds. The molecule has 0 bridgehead atoms. The van der Waals surface area contributed by atoms with Crippen molar-refractivity contribution in [3.8, 4) is 5.75 Å². The smallest absolute Gasteiger partial charge is 0.322 e. The highest BCUT2D eigenvalue weighted by Crippen LogP contribution is 2.24. The number of anilines is 1. The lowest BCUT2D eigenvalue weighted by molar-refractivity contribution is 0.206. The van der Waals surface area contributed by atoms with E-state index in [4.69, 9.17) is 4.74 Å². The molecule has 0 saturated heterocycles. The highest BCUT2D eigenvalue weighted by Gasteiger charge is 2.17. The Hall–Kier alpha value is -3.21. The number of urea groups is 1. The molecule has 1 aromatic heterocycles. The van der Waals surface area contributed by atoms with Crippen molar-refractivity contribution in [1.82, 2.24) is 9.47 Å². The van der Waals surface area contributed by atoms with Gasteiger partial charge in [-0.3, -0.25) is 0 Å². The van der Waals surface area contributed by atoms with Gasteiger partial charge < -0.3 is 19.5 Å². The third-order valence-corrected chi connectivity index (χ3v) is 5.38. The van der Waals surface area contributed by atoms with E-state index in [0.29, 0.717) is 31.1 Å². The van der Waals surface area contributed by atoms with Gasteiger partial charge in [-0.2, -0.15) is 0 Å². The second kappa shape index (κ2) is 11.3. The first-order valence-corrected chi connectivity index (χ1v) is 11.1. The Kier molecular flexibility index (Phi) is 8.16. The molecule has 3 aromatic rings. The Morgan fingerprint density at radius 1 is 1.03 bits per heavy atom. The van der Waals surface area contributed by atoms with Gasteiger partial charge in [-0.05, 0) is 55.7 Å². The molecule has 3 rings (SSSR count). The summed E-state index contributed by atoms with van der Waals surface area (Å²) in [6, 6.07) is 20.0. The van der Waals surface area contributed by atoms with Crippen LogP contribution in [0.3, 0.4) is 0 Å². The highest BCUT2D eigenvalue weighted by molar-refractivity contribution is 5.91. The standard InChI is InChI=1S/C26H33N3O2/c1-4-6-17-29(26(30)27-24-15-9-10-16-25(24)31-5-2)20-23-14-11-18-28(23)19-22-13-8-7-12-21(22)3/h7-16,18H,4-6,17,19-20H2,1-3H3,(H,27,30). The first-order valence-electron chi connectivity index (χ1n) is 11.1. The summed E-state index contributed by atoms with van der Waals surface area (Å²) in [5.41, 5.74) is 4.38. The Morgan fingerprint density at radius 3 is 2.58 bits per heavy atom. The summed E-state index contributed by atoms with van der Waals surface area (Å²) >= 11 is 0. The van der Waals surface area contributed by atoms with Crippen LogP contribution < -0.4 is 10.1 Å². The predicted molar refractivity (Wildman–Crippen MR) is 127 cm³/mol. The molecule has 5 nitrogen and oxygen atoms in total. The van der Waals surface area contributed by atoms with Crippen LogP contribution in [0.1, 0.15) is 43.5 Å². The first kappa shape index (κ1) is 22.5. The SMILES string of the molecule is CCCCN(Cc1cccn1Cc1ccccc1C)C(=O)Nc1ccccc1OCC. The number of amides is 2. The van der Waals surface area contributed by atoms with E-state index in [0.717, 1.165) is 25.1 Å². The van der Waals surface area contributed by atoms with Crippen molar-refractivity contribution >= 4 is 11.7 Å². The summed E-state index contributed by atoms with van der Waals surface area (Å²) < 4.78 is 7.89. The molecule has 0 radical (unpaired) electrons. The van der Waals surface area contributed by atoms with Crippen molar-refractivity contribution in [2.45, 2.75) is 46.7 Å². The number of benzene rings is 2. The minimum absolute atomic E-state index is 0.107. The van der Waals surface area contributed by atoms with Gasteiger partial charge in [0.2, 0.25) is 0 Å². The van der Waals surface area contributed by atoms with Crippen molar-refractivity contribution in [2.24, 2.45) is 0 Å². The van der Waals surface area contributed by atoms with Gasteiger partial charge >= 0.3 is 6.03 Å². The second-order valence-corrected chi connectivity index (χ2v) is 7.69. The number of para-hydroxylation sites is 2. The van der Waals surface area contributed by atoms with E-state index in [1.54, 1.807) is 0 Å². The molecule has 0 saturated carbocycles. The van der Waals surface area contributed by atoms with Crippen molar-refractivity contribution in [3.63, 3.8) is 0 Å². The number of nitrogens with one attached hydrogen (secondary N) is 1. The van der Waals surface area contributed by atoms with Crippen LogP contribution in [0.5, 0.6) is 5.75 Å². The van der Waals surface area contributed by atoms with Gasteiger partial charge in [0.05, 0.1) is 18.8 Å². The molecule has 1 N–H and O–H groups in total. The van der Waals surface area contributed by atoms with Gasteiger partial charge in [-0.1, -0.05) is 49.7 Å². The highest BCUT2D eigenvalue weighted by atomic mass is 16.5. The number of nitrogens with zero attached hydrogens (tertiary/aromatic N) is 2. The summed E-state index contributed by atoms with van der Waals surface area (Å²) in [5, 5.41) is 3.05. The fourth-order valence-corrected chi connectivity index (χ4v) is 3.56. The number of ether oxygens (including phenoxy) is 1. The molecule has 0 aliphatic rings. The summed E-state index contributed by atoms with van der Waals surface area (Å²) in [6.07, 6.45) is 4.07. The molecule has 164 valence electrons. The number of carbonyl (C=O) groups excluding carboxylic acids is 1.